The van der Waals surface area contributed by atoms with Gasteiger partial charge in [0, 0.05) is 29.8 Å². The normalized spacial score (nSPS) is 11.8. The molecule has 0 unspecified atom stereocenters. The van der Waals surface area contributed by atoms with E-state index >= 15 is 0 Å². The van der Waals surface area contributed by atoms with Crippen LogP contribution < -0.4 is 5.32 Å². The van der Waals surface area contributed by atoms with Gasteiger partial charge in [0.2, 0.25) is 11.8 Å². The lowest BCUT2D eigenvalue weighted by Gasteiger charge is -2.32. The molecule has 0 aromatic heterocycles. The van der Waals surface area contributed by atoms with E-state index in [4.69, 9.17) is 11.6 Å². The Morgan fingerprint density at radius 2 is 1.47 bits per heavy atom. The van der Waals surface area contributed by atoms with E-state index in [9.17, 15) is 9.59 Å². The summed E-state index contributed by atoms with van der Waals surface area (Å²) in [5, 5.41) is 3.71. The molecule has 1 atom stereocenters. The van der Waals surface area contributed by atoms with E-state index in [0.29, 0.717) is 23.7 Å². The standard InChI is InChI=1S/C28H31ClN2O2S/c1-21(2)30-28(33)26(17-22-11-5-3-6-12-22)31(18-23-13-7-4-8-14-23)27(32)20-34-19-24-15-9-10-16-25(24)29/h3-16,21,26H,17-20H2,1-2H3,(H,30,33)/t26-/m0/s1. The van der Waals surface area contributed by atoms with Gasteiger partial charge in [-0.2, -0.15) is 0 Å². The van der Waals surface area contributed by atoms with Crippen LogP contribution in [-0.2, 0) is 28.3 Å². The van der Waals surface area contributed by atoms with Gasteiger partial charge in [0.1, 0.15) is 6.04 Å². The Labute approximate surface area is 211 Å². The summed E-state index contributed by atoms with van der Waals surface area (Å²) in [5.41, 5.74) is 3.00. The molecule has 0 bridgehead atoms. The number of carbonyl (C=O) groups is 2. The highest BCUT2D eigenvalue weighted by Gasteiger charge is 2.30. The molecular formula is C28H31ClN2O2S. The summed E-state index contributed by atoms with van der Waals surface area (Å²) in [6.45, 7) is 4.23. The minimum Gasteiger partial charge on any atom is -0.352 e. The van der Waals surface area contributed by atoms with Gasteiger partial charge in [-0.05, 0) is 36.6 Å². The Kier molecular flexibility index (Phi) is 10.0. The van der Waals surface area contributed by atoms with E-state index in [1.165, 1.54) is 11.8 Å². The molecule has 3 aromatic carbocycles. The Morgan fingerprint density at radius 3 is 2.09 bits per heavy atom. The molecule has 4 nitrogen and oxygen atoms in total. The maximum Gasteiger partial charge on any atom is 0.243 e. The molecule has 1 N–H and O–H groups in total. The monoisotopic (exact) mass is 494 g/mol. The molecule has 0 aliphatic carbocycles. The fourth-order valence-corrected chi connectivity index (χ4v) is 4.86. The predicted molar refractivity (Wildman–Crippen MR) is 142 cm³/mol. The van der Waals surface area contributed by atoms with Gasteiger partial charge in [-0.25, -0.2) is 0 Å². The second-order valence-electron chi connectivity index (χ2n) is 8.46. The highest BCUT2D eigenvalue weighted by atomic mass is 35.5. The van der Waals surface area contributed by atoms with Gasteiger partial charge >= 0.3 is 0 Å². The SMILES string of the molecule is CC(C)NC(=O)[C@H](Cc1ccccc1)N(Cc1ccccc1)C(=O)CSCc1ccccc1Cl. The van der Waals surface area contributed by atoms with Gasteiger partial charge in [0.05, 0.1) is 5.75 Å². The Morgan fingerprint density at radius 1 is 0.882 bits per heavy atom. The number of nitrogens with one attached hydrogen (secondary N) is 1. The molecule has 0 spiro atoms. The van der Waals surface area contributed by atoms with Crippen molar-refractivity contribution in [1.82, 2.24) is 10.2 Å². The number of nitrogens with zero attached hydrogens (tertiary/aromatic N) is 1. The van der Waals surface area contributed by atoms with E-state index in [0.717, 1.165) is 16.7 Å². The van der Waals surface area contributed by atoms with Crippen molar-refractivity contribution in [3.63, 3.8) is 0 Å². The second-order valence-corrected chi connectivity index (χ2v) is 9.85. The lowest BCUT2D eigenvalue weighted by molar-refractivity contribution is -0.139. The third-order valence-corrected chi connectivity index (χ3v) is 6.67. The summed E-state index contributed by atoms with van der Waals surface area (Å²) >= 11 is 7.79. The van der Waals surface area contributed by atoms with Crippen molar-refractivity contribution in [3.05, 3.63) is 107 Å². The minimum absolute atomic E-state index is 0.0194. The van der Waals surface area contributed by atoms with Crippen molar-refractivity contribution < 1.29 is 9.59 Å². The first-order valence-corrected chi connectivity index (χ1v) is 13.0. The van der Waals surface area contributed by atoms with Crippen LogP contribution in [0.2, 0.25) is 5.02 Å². The Bertz CT molecular complexity index is 1060. The van der Waals surface area contributed by atoms with Crippen molar-refractivity contribution >= 4 is 35.2 Å². The molecule has 0 heterocycles. The van der Waals surface area contributed by atoms with E-state index in [1.54, 1.807) is 4.90 Å². The molecule has 0 radical (unpaired) electrons. The third kappa shape index (κ3) is 7.93. The van der Waals surface area contributed by atoms with Crippen LogP contribution >= 0.6 is 23.4 Å². The predicted octanol–water partition coefficient (Wildman–Crippen LogP) is 5.74. The molecule has 0 aliphatic rings. The molecule has 34 heavy (non-hydrogen) atoms. The van der Waals surface area contributed by atoms with Gasteiger partial charge < -0.3 is 10.2 Å². The summed E-state index contributed by atoms with van der Waals surface area (Å²) in [5.74, 6) is 0.685. The smallest absolute Gasteiger partial charge is 0.243 e. The average Bonchev–Trinajstić information content (AvgIpc) is 2.83. The van der Waals surface area contributed by atoms with Gasteiger partial charge in [-0.15, -0.1) is 11.8 Å². The van der Waals surface area contributed by atoms with Crippen molar-refractivity contribution in [2.24, 2.45) is 0 Å². The number of rotatable bonds is 11. The molecule has 6 heteroatoms. The van der Waals surface area contributed by atoms with Crippen molar-refractivity contribution in [1.29, 1.82) is 0 Å². The molecule has 3 rings (SSSR count). The van der Waals surface area contributed by atoms with E-state index in [2.05, 4.69) is 5.32 Å². The van der Waals surface area contributed by atoms with Crippen LogP contribution in [0.5, 0.6) is 0 Å². The summed E-state index contributed by atoms with van der Waals surface area (Å²) in [7, 11) is 0. The fraction of sp³-hybridized carbons (Fsp3) is 0.286. The topological polar surface area (TPSA) is 49.4 Å². The van der Waals surface area contributed by atoms with Gasteiger partial charge in [-0.1, -0.05) is 90.5 Å². The zero-order chi connectivity index (χ0) is 24.3. The maximum absolute atomic E-state index is 13.5. The number of benzene rings is 3. The van der Waals surface area contributed by atoms with E-state index in [1.807, 2.05) is 98.8 Å². The highest BCUT2D eigenvalue weighted by molar-refractivity contribution is 7.99. The largest absolute Gasteiger partial charge is 0.352 e. The number of amides is 2. The lowest BCUT2D eigenvalue weighted by Crippen LogP contribution is -2.52. The number of thioether (sulfide) groups is 1. The van der Waals surface area contributed by atoms with Crippen molar-refractivity contribution in [2.45, 2.75) is 44.6 Å². The van der Waals surface area contributed by atoms with Gasteiger partial charge in [0.25, 0.3) is 0 Å². The Balaban J connectivity index is 1.83. The first-order valence-electron chi connectivity index (χ1n) is 11.4. The van der Waals surface area contributed by atoms with Gasteiger partial charge in [0.15, 0.2) is 0 Å². The molecule has 3 aromatic rings. The summed E-state index contributed by atoms with van der Waals surface area (Å²) in [6.07, 6.45) is 0.452. The van der Waals surface area contributed by atoms with Crippen LogP contribution in [0.3, 0.4) is 0 Å². The number of halogens is 1. The third-order valence-electron chi connectivity index (χ3n) is 5.34. The first-order chi connectivity index (χ1) is 16.4. The first kappa shape index (κ1) is 25.9. The maximum atomic E-state index is 13.5. The van der Waals surface area contributed by atoms with E-state index < -0.39 is 6.04 Å². The fourth-order valence-electron chi connectivity index (χ4n) is 3.66. The van der Waals surface area contributed by atoms with Crippen LogP contribution in [0.25, 0.3) is 0 Å². The minimum atomic E-state index is -0.613. The zero-order valence-corrected chi connectivity index (χ0v) is 21.2. The zero-order valence-electron chi connectivity index (χ0n) is 19.6. The second kappa shape index (κ2) is 13.2. The summed E-state index contributed by atoms with van der Waals surface area (Å²) in [4.78, 5) is 28.6. The molecule has 0 fully saturated rings. The van der Waals surface area contributed by atoms with Crippen LogP contribution in [-0.4, -0.2) is 34.6 Å². The summed E-state index contributed by atoms with van der Waals surface area (Å²) in [6, 6.07) is 26.7. The van der Waals surface area contributed by atoms with Crippen LogP contribution in [0.1, 0.15) is 30.5 Å². The number of hydrogen-bond donors (Lipinski definition) is 1. The summed E-state index contributed by atoms with van der Waals surface area (Å²) < 4.78 is 0. The number of hydrogen-bond acceptors (Lipinski definition) is 3. The molecular weight excluding hydrogens is 464 g/mol. The number of carbonyl (C=O) groups excluding carboxylic acids is 2. The lowest BCUT2D eigenvalue weighted by atomic mass is 10.0. The highest BCUT2D eigenvalue weighted by Crippen LogP contribution is 2.22. The Hall–Kier alpha value is -2.76. The molecule has 0 saturated heterocycles. The van der Waals surface area contributed by atoms with Crippen LogP contribution in [0, 0.1) is 0 Å². The average molecular weight is 495 g/mol. The van der Waals surface area contributed by atoms with Crippen LogP contribution in [0.4, 0.5) is 0 Å². The quantitative estimate of drug-likeness (QED) is 0.370. The van der Waals surface area contributed by atoms with E-state index in [-0.39, 0.29) is 23.6 Å². The molecule has 0 saturated carbocycles. The molecule has 0 aliphatic heterocycles. The van der Waals surface area contributed by atoms with Crippen molar-refractivity contribution in [2.75, 3.05) is 5.75 Å². The van der Waals surface area contributed by atoms with Crippen molar-refractivity contribution in [3.8, 4) is 0 Å². The molecule has 2 amide bonds. The molecule has 178 valence electrons. The van der Waals surface area contributed by atoms with Crippen LogP contribution in [0.15, 0.2) is 84.9 Å². The van der Waals surface area contributed by atoms with Gasteiger partial charge in [-0.3, -0.25) is 9.59 Å².